The van der Waals surface area contributed by atoms with E-state index in [9.17, 15) is 9.59 Å². The van der Waals surface area contributed by atoms with Crippen molar-refractivity contribution >= 4 is 34.7 Å². The predicted octanol–water partition coefficient (Wildman–Crippen LogP) is 3.59. The molecule has 4 rings (SSSR count). The Bertz CT molecular complexity index is 951. The van der Waals surface area contributed by atoms with Gasteiger partial charge >= 0.3 is 0 Å². The lowest BCUT2D eigenvalue weighted by molar-refractivity contribution is -0.115. The number of ether oxygens (including phenoxy) is 1. The Labute approximate surface area is 156 Å². The Kier molecular flexibility index (Phi) is 3.88. The number of benzene rings is 1. The number of amides is 1. The molecule has 0 atom stereocenters. The van der Waals surface area contributed by atoms with Crippen LogP contribution in [0.3, 0.4) is 0 Å². The fourth-order valence-electron chi connectivity index (χ4n) is 3.53. The number of pyridine rings is 1. The molecule has 0 aliphatic carbocycles. The minimum Gasteiger partial charge on any atom is -0.497 e. The zero-order chi connectivity index (χ0) is 18.5. The smallest absolute Gasteiger partial charge is 0.300 e. The third-order valence-electron chi connectivity index (χ3n) is 4.65. The average molecular weight is 366 g/mol. The van der Waals surface area contributed by atoms with Gasteiger partial charge in [-0.15, -0.1) is 11.8 Å². The summed E-state index contributed by atoms with van der Waals surface area (Å²) in [6, 6.07) is 9.37. The number of thioether (sulfide) groups is 1. The van der Waals surface area contributed by atoms with Gasteiger partial charge in [-0.1, -0.05) is 12.1 Å². The van der Waals surface area contributed by atoms with Crippen LogP contribution in [0.25, 0.3) is 5.57 Å². The van der Waals surface area contributed by atoms with Crippen LogP contribution in [0.2, 0.25) is 0 Å². The molecule has 2 aliphatic heterocycles. The van der Waals surface area contributed by atoms with E-state index in [1.54, 1.807) is 36.0 Å². The highest BCUT2D eigenvalue weighted by molar-refractivity contribution is 7.99. The van der Waals surface area contributed by atoms with Crippen molar-refractivity contribution in [3.05, 3.63) is 53.7 Å². The first-order valence-corrected chi connectivity index (χ1v) is 9.28. The van der Waals surface area contributed by atoms with E-state index in [-0.39, 0.29) is 0 Å². The molecule has 0 saturated carbocycles. The highest BCUT2D eigenvalue weighted by Crippen LogP contribution is 2.47. The Morgan fingerprint density at radius 3 is 2.65 bits per heavy atom. The monoisotopic (exact) mass is 366 g/mol. The van der Waals surface area contributed by atoms with E-state index < -0.39 is 17.2 Å². The number of rotatable bonds is 4. The van der Waals surface area contributed by atoms with Crippen LogP contribution in [0.1, 0.15) is 29.8 Å². The maximum absolute atomic E-state index is 12.6. The first-order valence-electron chi connectivity index (χ1n) is 8.29. The number of hydrogen-bond acceptors (Lipinski definition) is 5. The number of ketones is 1. The van der Waals surface area contributed by atoms with Gasteiger partial charge in [0.1, 0.15) is 5.75 Å². The van der Waals surface area contributed by atoms with E-state index in [4.69, 9.17) is 4.74 Å². The predicted molar refractivity (Wildman–Crippen MR) is 102 cm³/mol. The molecule has 0 radical (unpaired) electrons. The van der Waals surface area contributed by atoms with Crippen LogP contribution >= 0.6 is 11.8 Å². The lowest BCUT2D eigenvalue weighted by Crippen LogP contribution is -2.47. The molecule has 6 heteroatoms. The molecule has 1 aromatic heterocycles. The fourth-order valence-corrected chi connectivity index (χ4v) is 4.38. The Morgan fingerprint density at radius 2 is 1.96 bits per heavy atom. The van der Waals surface area contributed by atoms with Crippen LogP contribution < -0.4 is 9.64 Å². The van der Waals surface area contributed by atoms with Crippen molar-refractivity contribution in [3.63, 3.8) is 0 Å². The minimum absolute atomic E-state index is 0.422. The van der Waals surface area contributed by atoms with Crippen molar-refractivity contribution in [2.45, 2.75) is 24.4 Å². The maximum Gasteiger partial charge on any atom is 0.300 e. The molecule has 2 aromatic rings. The zero-order valence-electron chi connectivity index (χ0n) is 14.8. The summed E-state index contributed by atoms with van der Waals surface area (Å²) < 4.78 is 5.36. The van der Waals surface area contributed by atoms with Crippen LogP contribution in [-0.2, 0) is 4.79 Å². The Hall–Kier alpha value is -2.60. The molecule has 132 valence electrons. The first kappa shape index (κ1) is 16.8. The van der Waals surface area contributed by atoms with Crippen molar-refractivity contribution in [2.75, 3.05) is 17.8 Å². The molecule has 0 spiro atoms. The molecule has 0 N–H and O–H groups in total. The Morgan fingerprint density at radius 1 is 1.19 bits per heavy atom. The van der Waals surface area contributed by atoms with Gasteiger partial charge in [0, 0.05) is 17.5 Å². The quantitative estimate of drug-likeness (QED) is 0.611. The number of Topliss-reactive ketones (excluding diaryl/α,β-unsaturated/α-hetero) is 1. The second-order valence-corrected chi connectivity index (χ2v) is 7.82. The molecule has 0 saturated heterocycles. The lowest BCUT2D eigenvalue weighted by Gasteiger charge is -2.38. The van der Waals surface area contributed by atoms with Crippen molar-refractivity contribution in [2.24, 2.45) is 0 Å². The van der Waals surface area contributed by atoms with Crippen molar-refractivity contribution in [3.8, 4) is 5.75 Å². The van der Waals surface area contributed by atoms with Gasteiger partial charge in [-0.25, -0.2) is 4.98 Å². The van der Waals surface area contributed by atoms with Gasteiger partial charge in [0.05, 0.1) is 28.9 Å². The number of anilines is 1. The van der Waals surface area contributed by atoms with Gasteiger partial charge < -0.3 is 4.74 Å². The number of nitrogens with zero attached hydrogens (tertiary/aromatic N) is 2. The maximum atomic E-state index is 12.6. The van der Waals surface area contributed by atoms with Gasteiger partial charge in [0.15, 0.2) is 0 Å². The summed E-state index contributed by atoms with van der Waals surface area (Å²) in [5.74, 6) is 0.318. The third kappa shape index (κ3) is 2.52. The molecule has 0 unspecified atom stereocenters. The Balaban J connectivity index is 1.81. The van der Waals surface area contributed by atoms with Crippen LogP contribution in [-0.4, -0.2) is 35.1 Å². The van der Waals surface area contributed by atoms with Crippen molar-refractivity contribution < 1.29 is 14.3 Å². The second kappa shape index (κ2) is 5.99. The van der Waals surface area contributed by atoms with E-state index in [1.807, 2.05) is 38.1 Å². The van der Waals surface area contributed by atoms with E-state index in [0.29, 0.717) is 22.8 Å². The van der Waals surface area contributed by atoms with Crippen molar-refractivity contribution in [1.82, 2.24) is 4.98 Å². The highest BCUT2D eigenvalue weighted by atomic mass is 32.2. The van der Waals surface area contributed by atoms with Gasteiger partial charge in [0.25, 0.3) is 11.7 Å². The molecule has 1 amide bonds. The number of methoxy groups -OCH3 is 1. The van der Waals surface area contributed by atoms with Gasteiger partial charge in [-0.2, -0.15) is 0 Å². The summed E-state index contributed by atoms with van der Waals surface area (Å²) >= 11 is 1.63. The standard InChI is InChI=1S/C20H18N2O3S/c1-20(2)10-12(11-26-16-6-4-5-7-21-16)14-8-13(25-3)9-15-17(14)22(20)19(24)18(15)23/h4-10H,11H2,1-3H3. The molecule has 26 heavy (non-hydrogen) atoms. The molecule has 0 fully saturated rings. The molecule has 0 bridgehead atoms. The van der Waals surface area contributed by atoms with Crippen LogP contribution in [0, 0.1) is 0 Å². The lowest BCUT2D eigenvalue weighted by atomic mass is 9.89. The highest BCUT2D eigenvalue weighted by Gasteiger charge is 2.47. The topological polar surface area (TPSA) is 59.5 Å². The third-order valence-corrected chi connectivity index (χ3v) is 5.64. The summed E-state index contributed by atoms with van der Waals surface area (Å²) in [7, 11) is 1.56. The number of carbonyl (C=O) groups is 2. The SMILES string of the molecule is COc1cc2c3c(c1)C(CSc1ccccn1)=CC(C)(C)N3C(=O)C2=O. The van der Waals surface area contributed by atoms with Crippen LogP contribution in [0.4, 0.5) is 5.69 Å². The molecular weight excluding hydrogens is 348 g/mol. The number of carbonyl (C=O) groups excluding carboxylic acids is 2. The number of aromatic nitrogens is 1. The zero-order valence-corrected chi connectivity index (χ0v) is 15.6. The summed E-state index contributed by atoms with van der Waals surface area (Å²) in [5, 5.41) is 0.931. The largest absolute Gasteiger partial charge is 0.497 e. The fraction of sp³-hybridized carbons (Fsp3) is 0.250. The van der Waals surface area contributed by atoms with Crippen molar-refractivity contribution in [1.29, 1.82) is 0 Å². The molecular formula is C20H18N2O3S. The summed E-state index contributed by atoms with van der Waals surface area (Å²) in [6.45, 7) is 3.90. The first-order chi connectivity index (χ1) is 12.4. The summed E-state index contributed by atoms with van der Waals surface area (Å²) in [6.07, 6.45) is 3.83. The molecule has 1 aromatic carbocycles. The second-order valence-electron chi connectivity index (χ2n) is 6.82. The van der Waals surface area contributed by atoms with E-state index >= 15 is 0 Å². The number of hydrogen-bond donors (Lipinski definition) is 0. The van der Waals surface area contributed by atoms with E-state index in [2.05, 4.69) is 11.1 Å². The van der Waals surface area contributed by atoms with Gasteiger partial charge in [0.2, 0.25) is 0 Å². The van der Waals surface area contributed by atoms with Crippen LogP contribution in [0.15, 0.2) is 47.6 Å². The average Bonchev–Trinajstić information content (AvgIpc) is 2.90. The van der Waals surface area contributed by atoms with Gasteiger partial charge in [-0.05, 0) is 43.7 Å². The van der Waals surface area contributed by atoms with Gasteiger partial charge in [-0.3, -0.25) is 14.5 Å². The molecule has 5 nitrogen and oxygen atoms in total. The summed E-state index contributed by atoms with van der Waals surface area (Å²) in [5.41, 5.74) is 2.50. The van der Waals surface area contributed by atoms with Crippen LogP contribution in [0.5, 0.6) is 5.75 Å². The molecule has 2 aliphatic rings. The van der Waals surface area contributed by atoms with E-state index in [1.165, 1.54) is 0 Å². The normalized spacial score (nSPS) is 17.2. The van der Waals surface area contributed by atoms with E-state index in [0.717, 1.165) is 16.2 Å². The summed E-state index contributed by atoms with van der Waals surface area (Å²) in [4.78, 5) is 31.0. The minimum atomic E-state index is -0.570. The molecule has 3 heterocycles.